The molecule has 0 saturated carbocycles. The van der Waals surface area contributed by atoms with Crippen molar-refractivity contribution in [1.82, 2.24) is 0 Å². The molecule has 2 nitrogen and oxygen atoms in total. The van der Waals surface area contributed by atoms with Crippen molar-refractivity contribution in [3.8, 4) is 0 Å². The molecule has 1 aromatic rings. The molecule has 0 aliphatic rings. The fourth-order valence-electron chi connectivity index (χ4n) is 1.71. The number of carboxylic acid groups (broad SMARTS) is 1. The van der Waals surface area contributed by atoms with Crippen LogP contribution in [0.2, 0.25) is 5.02 Å². The second-order valence-corrected chi connectivity index (χ2v) is 4.84. The Labute approximate surface area is 105 Å². The highest BCUT2D eigenvalue weighted by Crippen LogP contribution is 2.23. The number of aryl methyl sites for hydroxylation is 2. The van der Waals surface area contributed by atoms with Gasteiger partial charge in [0.2, 0.25) is 0 Å². The normalized spacial score (nSPS) is 12.5. The van der Waals surface area contributed by atoms with Crippen LogP contribution in [0.1, 0.15) is 30.9 Å². The van der Waals surface area contributed by atoms with Gasteiger partial charge in [0.05, 0.1) is 0 Å². The van der Waals surface area contributed by atoms with Crippen LogP contribution in [-0.4, -0.2) is 11.1 Å². The second kappa shape index (κ2) is 6.01. The third kappa shape index (κ3) is 4.35. The van der Waals surface area contributed by atoms with Crippen molar-refractivity contribution in [2.24, 2.45) is 5.92 Å². The highest BCUT2D eigenvalue weighted by molar-refractivity contribution is 6.31. The average molecular weight is 259 g/mol. The lowest BCUT2D eigenvalue weighted by atomic mass is 9.97. The van der Waals surface area contributed by atoms with Crippen LogP contribution in [0.4, 0.5) is 4.39 Å². The van der Waals surface area contributed by atoms with Crippen LogP contribution < -0.4 is 0 Å². The molecular weight excluding hydrogens is 243 g/mol. The minimum atomic E-state index is -0.793. The SMILES string of the molecule is Cc1cc(CCC(C)CC(=O)O)c(Cl)cc1F. The zero-order chi connectivity index (χ0) is 13.0. The number of hydrogen-bond acceptors (Lipinski definition) is 1. The quantitative estimate of drug-likeness (QED) is 0.871. The van der Waals surface area contributed by atoms with E-state index in [9.17, 15) is 9.18 Å². The van der Waals surface area contributed by atoms with Gasteiger partial charge in [-0.1, -0.05) is 24.6 Å². The molecular formula is C13H16ClFO2. The maximum atomic E-state index is 13.2. The summed E-state index contributed by atoms with van der Waals surface area (Å²) in [7, 11) is 0. The lowest BCUT2D eigenvalue weighted by Crippen LogP contribution is -2.05. The standard InChI is InChI=1S/C13H16ClFO2/c1-8(5-13(16)17)3-4-10-6-9(2)12(15)7-11(10)14/h6-8H,3-5H2,1-2H3,(H,16,17). The van der Waals surface area contributed by atoms with E-state index in [4.69, 9.17) is 16.7 Å². The van der Waals surface area contributed by atoms with Crippen molar-refractivity contribution in [1.29, 1.82) is 0 Å². The van der Waals surface area contributed by atoms with Crippen LogP contribution in [0.15, 0.2) is 12.1 Å². The number of rotatable bonds is 5. The Morgan fingerprint density at radius 2 is 2.18 bits per heavy atom. The van der Waals surface area contributed by atoms with Crippen molar-refractivity contribution in [3.63, 3.8) is 0 Å². The molecule has 0 bridgehead atoms. The molecule has 0 fully saturated rings. The Bertz CT molecular complexity index is 418. The molecule has 1 N–H and O–H groups in total. The second-order valence-electron chi connectivity index (χ2n) is 4.43. The van der Waals surface area contributed by atoms with E-state index in [1.807, 2.05) is 6.92 Å². The minimum absolute atomic E-state index is 0.0916. The number of aliphatic carboxylic acids is 1. The first-order valence-corrected chi connectivity index (χ1v) is 5.94. The Morgan fingerprint density at radius 3 is 2.76 bits per heavy atom. The van der Waals surface area contributed by atoms with Crippen LogP contribution in [0.5, 0.6) is 0 Å². The van der Waals surface area contributed by atoms with Gasteiger partial charge in [-0.05, 0) is 42.9 Å². The summed E-state index contributed by atoms with van der Waals surface area (Å²) in [6.07, 6.45) is 1.56. The van der Waals surface area contributed by atoms with Crippen LogP contribution in [0.25, 0.3) is 0 Å². The van der Waals surface area contributed by atoms with Gasteiger partial charge >= 0.3 is 5.97 Å². The third-order valence-electron chi connectivity index (χ3n) is 2.76. The summed E-state index contributed by atoms with van der Waals surface area (Å²) in [5, 5.41) is 9.05. The van der Waals surface area contributed by atoms with E-state index < -0.39 is 5.97 Å². The van der Waals surface area contributed by atoms with Crippen molar-refractivity contribution >= 4 is 17.6 Å². The number of hydrogen-bond donors (Lipinski definition) is 1. The van der Waals surface area contributed by atoms with E-state index in [0.29, 0.717) is 17.0 Å². The molecule has 0 radical (unpaired) electrons. The van der Waals surface area contributed by atoms with E-state index in [0.717, 1.165) is 12.0 Å². The minimum Gasteiger partial charge on any atom is -0.481 e. The fourth-order valence-corrected chi connectivity index (χ4v) is 1.96. The predicted octanol–water partition coefficient (Wildman–Crippen LogP) is 3.83. The summed E-state index contributed by atoms with van der Waals surface area (Å²) in [6.45, 7) is 3.58. The van der Waals surface area contributed by atoms with E-state index in [2.05, 4.69) is 0 Å². The van der Waals surface area contributed by atoms with Gasteiger partial charge in [-0.15, -0.1) is 0 Å². The van der Waals surface area contributed by atoms with Gasteiger partial charge < -0.3 is 5.11 Å². The lowest BCUT2D eigenvalue weighted by molar-refractivity contribution is -0.138. The van der Waals surface area contributed by atoms with Crippen LogP contribution >= 0.6 is 11.6 Å². The van der Waals surface area contributed by atoms with E-state index in [1.165, 1.54) is 6.07 Å². The average Bonchev–Trinajstić information content (AvgIpc) is 2.20. The highest BCUT2D eigenvalue weighted by Gasteiger charge is 2.10. The molecule has 94 valence electrons. The number of benzene rings is 1. The largest absolute Gasteiger partial charge is 0.481 e. The lowest BCUT2D eigenvalue weighted by Gasteiger charge is -2.10. The molecule has 0 aliphatic heterocycles. The molecule has 1 unspecified atom stereocenters. The fraction of sp³-hybridized carbons (Fsp3) is 0.462. The summed E-state index contributed by atoms with van der Waals surface area (Å²) < 4.78 is 13.2. The summed E-state index contributed by atoms with van der Waals surface area (Å²) in [5.41, 5.74) is 1.44. The van der Waals surface area contributed by atoms with Crippen molar-refractivity contribution in [3.05, 3.63) is 34.1 Å². The molecule has 1 aromatic carbocycles. The van der Waals surface area contributed by atoms with Crippen LogP contribution in [0.3, 0.4) is 0 Å². The molecule has 1 rings (SSSR count). The summed E-state index contributed by atoms with van der Waals surface area (Å²) in [5.74, 6) is -1.01. The molecule has 17 heavy (non-hydrogen) atoms. The zero-order valence-corrected chi connectivity index (χ0v) is 10.7. The third-order valence-corrected chi connectivity index (χ3v) is 3.11. The molecule has 0 aliphatic carbocycles. The first-order chi connectivity index (χ1) is 7.90. The summed E-state index contributed by atoms with van der Waals surface area (Å²) in [6, 6.07) is 3.04. The van der Waals surface area contributed by atoms with Gasteiger partial charge in [-0.25, -0.2) is 4.39 Å². The smallest absolute Gasteiger partial charge is 0.303 e. The Hall–Kier alpha value is -1.09. The summed E-state index contributed by atoms with van der Waals surface area (Å²) >= 11 is 5.93. The molecule has 1 atom stereocenters. The van der Waals surface area contributed by atoms with Crippen molar-refractivity contribution in [2.45, 2.75) is 33.1 Å². The van der Waals surface area contributed by atoms with Gasteiger partial charge in [0.15, 0.2) is 0 Å². The van der Waals surface area contributed by atoms with Gasteiger partial charge in [0.1, 0.15) is 5.82 Å². The molecule has 0 saturated heterocycles. The number of halogens is 2. The number of carbonyl (C=O) groups is 1. The van der Waals surface area contributed by atoms with E-state index >= 15 is 0 Å². The Kier molecular flexibility index (Phi) is 4.94. The number of carboxylic acids is 1. The van der Waals surface area contributed by atoms with Crippen LogP contribution in [0, 0.1) is 18.7 Å². The molecule has 0 amide bonds. The molecule has 4 heteroatoms. The van der Waals surface area contributed by atoms with E-state index in [-0.39, 0.29) is 18.2 Å². The maximum absolute atomic E-state index is 13.2. The molecule has 0 spiro atoms. The Balaban J connectivity index is 2.63. The Morgan fingerprint density at radius 1 is 1.53 bits per heavy atom. The first-order valence-electron chi connectivity index (χ1n) is 5.56. The maximum Gasteiger partial charge on any atom is 0.303 e. The van der Waals surface area contributed by atoms with Gasteiger partial charge in [0.25, 0.3) is 0 Å². The van der Waals surface area contributed by atoms with Crippen molar-refractivity contribution in [2.75, 3.05) is 0 Å². The van der Waals surface area contributed by atoms with Gasteiger partial charge in [-0.2, -0.15) is 0 Å². The van der Waals surface area contributed by atoms with Gasteiger partial charge in [-0.3, -0.25) is 4.79 Å². The monoisotopic (exact) mass is 258 g/mol. The van der Waals surface area contributed by atoms with Crippen molar-refractivity contribution < 1.29 is 14.3 Å². The predicted molar refractivity (Wildman–Crippen MR) is 65.9 cm³/mol. The topological polar surface area (TPSA) is 37.3 Å². The van der Waals surface area contributed by atoms with Crippen LogP contribution in [-0.2, 0) is 11.2 Å². The summed E-state index contributed by atoms with van der Waals surface area (Å²) in [4.78, 5) is 10.5. The van der Waals surface area contributed by atoms with Gasteiger partial charge in [0, 0.05) is 11.4 Å². The molecule has 0 heterocycles. The first kappa shape index (κ1) is 14.0. The molecule has 0 aromatic heterocycles. The van der Waals surface area contributed by atoms with E-state index in [1.54, 1.807) is 13.0 Å². The highest BCUT2D eigenvalue weighted by atomic mass is 35.5. The zero-order valence-electron chi connectivity index (χ0n) is 9.96.